The Kier molecular flexibility index (Phi) is 3.83. The topological polar surface area (TPSA) is 46.9 Å². The van der Waals surface area contributed by atoms with Gasteiger partial charge in [0.15, 0.2) is 0 Å². The largest absolute Gasteiger partial charge is 0.307 e. The summed E-state index contributed by atoms with van der Waals surface area (Å²) in [5.74, 6) is 0.580. The number of aromatic nitrogens is 2. The molecule has 0 fully saturated rings. The number of rotatable bonds is 4. The van der Waals surface area contributed by atoms with E-state index in [1.807, 2.05) is 42.6 Å². The van der Waals surface area contributed by atoms with Crippen LogP contribution in [0.25, 0.3) is 0 Å². The molecule has 2 heterocycles. The maximum Gasteiger partial charge on any atom is 0.256 e. The number of anilines is 1. The van der Waals surface area contributed by atoms with Gasteiger partial charge in [-0.05, 0) is 30.5 Å². The number of thiophene rings is 1. The lowest BCUT2D eigenvalue weighted by molar-refractivity contribution is 0.102. The SMILES string of the molecule is Cc1ccc(C(=O)Nc2ccnn2Cc2cccs2)cc1. The highest BCUT2D eigenvalue weighted by molar-refractivity contribution is 7.09. The van der Waals surface area contributed by atoms with Gasteiger partial charge < -0.3 is 5.32 Å². The predicted molar refractivity (Wildman–Crippen MR) is 84.8 cm³/mol. The molecular formula is C16H15N3OS. The molecule has 0 saturated carbocycles. The number of hydrogen-bond donors (Lipinski definition) is 1. The van der Waals surface area contributed by atoms with Gasteiger partial charge in [-0.15, -0.1) is 11.3 Å². The Labute approximate surface area is 127 Å². The first-order chi connectivity index (χ1) is 10.2. The molecule has 0 atom stereocenters. The van der Waals surface area contributed by atoms with Crippen molar-refractivity contribution in [2.75, 3.05) is 5.32 Å². The Morgan fingerprint density at radius 2 is 2.05 bits per heavy atom. The van der Waals surface area contributed by atoms with Crippen LogP contribution >= 0.6 is 11.3 Å². The van der Waals surface area contributed by atoms with E-state index in [1.54, 1.807) is 28.3 Å². The number of aryl methyl sites for hydroxylation is 1. The van der Waals surface area contributed by atoms with Crippen molar-refractivity contribution in [2.24, 2.45) is 0 Å². The van der Waals surface area contributed by atoms with Crippen LogP contribution in [0.1, 0.15) is 20.8 Å². The second kappa shape index (κ2) is 5.93. The zero-order valence-electron chi connectivity index (χ0n) is 11.6. The first-order valence-corrected chi connectivity index (χ1v) is 7.52. The third-order valence-electron chi connectivity index (χ3n) is 3.16. The van der Waals surface area contributed by atoms with Crippen molar-refractivity contribution in [1.82, 2.24) is 9.78 Å². The number of nitrogens with zero attached hydrogens (tertiary/aromatic N) is 2. The standard InChI is InChI=1S/C16H15N3OS/c1-12-4-6-13(7-5-12)16(20)18-15-8-9-17-19(15)11-14-3-2-10-21-14/h2-10H,11H2,1H3,(H,18,20). The molecule has 3 rings (SSSR count). The van der Waals surface area contributed by atoms with Crippen LogP contribution in [0.2, 0.25) is 0 Å². The minimum Gasteiger partial charge on any atom is -0.307 e. The molecule has 0 spiro atoms. The van der Waals surface area contributed by atoms with Crippen LogP contribution in [0.5, 0.6) is 0 Å². The summed E-state index contributed by atoms with van der Waals surface area (Å²) < 4.78 is 1.79. The van der Waals surface area contributed by atoms with E-state index in [2.05, 4.69) is 16.5 Å². The quantitative estimate of drug-likeness (QED) is 0.800. The lowest BCUT2D eigenvalue weighted by Gasteiger charge is -2.08. The second-order valence-corrected chi connectivity index (χ2v) is 5.81. The van der Waals surface area contributed by atoms with Gasteiger partial charge >= 0.3 is 0 Å². The molecule has 0 unspecified atom stereocenters. The summed E-state index contributed by atoms with van der Waals surface area (Å²) in [6, 6.07) is 13.4. The molecule has 1 N–H and O–H groups in total. The molecule has 0 aliphatic carbocycles. The van der Waals surface area contributed by atoms with Gasteiger partial charge in [-0.1, -0.05) is 23.8 Å². The molecular weight excluding hydrogens is 282 g/mol. The van der Waals surface area contributed by atoms with E-state index in [9.17, 15) is 4.79 Å². The molecule has 0 aliphatic heterocycles. The van der Waals surface area contributed by atoms with Crippen molar-refractivity contribution in [3.05, 3.63) is 70.0 Å². The fourth-order valence-corrected chi connectivity index (χ4v) is 2.69. The number of benzene rings is 1. The summed E-state index contributed by atoms with van der Waals surface area (Å²) in [6.45, 7) is 2.66. The Morgan fingerprint density at radius 1 is 1.24 bits per heavy atom. The van der Waals surface area contributed by atoms with E-state index >= 15 is 0 Å². The predicted octanol–water partition coefficient (Wildman–Crippen LogP) is 3.55. The molecule has 106 valence electrons. The van der Waals surface area contributed by atoms with Crippen molar-refractivity contribution in [3.63, 3.8) is 0 Å². The van der Waals surface area contributed by atoms with E-state index in [0.717, 1.165) is 5.56 Å². The normalized spacial score (nSPS) is 10.5. The van der Waals surface area contributed by atoms with Gasteiger partial charge in [0.25, 0.3) is 5.91 Å². The summed E-state index contributed by atoms with van der Waals surface area (Å²) in [4.78, 5) is 13.4. The minimum absolute atomic E-state index is 0.122. The maximum absolute atomic E-state index is 12.2. The van der Waals surface area contributed by atoms with E-state index in [-0.39, 0.29) is 5.91 Å². The van der Waals surface area contributed by atoms with Crippen molar-refractivity contribution in [3.8, 4) is 0 Å². The Bertz CT molecular complexity index is 729. The number of hydrogen-bond acceptors (Lipinski definition) is 3. The first-order valence-electron chi connectivity index (χ1n) is 6.64. The van der Waals surface area contributed by atoms with Crippen LogP contribution in [-0.2, 0) is 6.54 Å². The molecule has 1 amide bonds. The molecule has 1 aromatic carbocycles. The number of amides is 1. The Morgan fingerprint density at radius 3 is 2.76 bits per heavy atom. The fourth-order valence-electron chi connectivity index (χ4n) is 2.01. The Hall–Kier alpha value is -2.40. The highest BCUT2D eigenvalue weighted by Crippen LogP contribution is 2.15. The third-order valence-corrected chi connectivity index (χ3v) is 4.02. The van der Waals surface area contributed by atoms with Crippen molar-refractivity contribution in [1.29, 1.82) is 0 Å². The lowest BCUT2D eigenvalue weighted by Crippen LogP contribution is -2.16. The van der Waals surface area contributed by atoms with E-state index in [0.29, 0.717) is 17.9 Å². The van der Waals surface area contributed by atoms with Gasteiger partial charge in [0, 0.05) is 16.5 Å². The van der Waals surface area contributed by atoms with E-state index in [1.165, 1.54) is 4.88 Å². The molecule has 0 aliphatic rings. The third kappa shape index (κ3) is 3.20. The van der Waals surface area contributed by atoms with Gasteiger partial charge in [0.05, 0.1) is 12.7 Å². The molecule has 0 saturated heterocycles. The highest BCUT2D eigenvalue weighted by Gasteiger charge is 2.10. The minimum atomic E-state index is -0.122. The molecule has 4 nitrogen and oxygen atoms in total. The highest BCUT2D eigenvalue weighted by atomic mass is 32.1. The summed E-state index contributed by atoms with van der Waals surface area (Å²) in [5.41, 5.74) is 1.78. The zero-order chi connectivity index (χ0) is 14.7. The molecule has 5 heteroatoms. The Balaban J connectivity index is 1.74. The van der Waals surface area contributed by atoms with E-state index in [4.69, 9.17) is 0 Å². The smallest absolute Gasteiger partial charge is 0.256 e. The molecule has 0 radical (unpaired) electrons. The molecule has 2 aromatic heterocycles. The van der Waals surface area contributed by atoms with Gasteiger partial charge in [-0.3, -0.25) is 4.79 Å². The molecule has 21 heavy (non-hydrogen) atoms. The van der Waals surface area contributed by atoms with Gasteiger partial charge in [0.2, 0.25) is 0 Å². The summed E-state index contributed by atoms with van der Waals surface area (Å²) in [7, 11) is 0. The average Bonchev–Trinajstić information content (AvgIpc) is 3.13. The van der Waals surface area contributed by atoms with Crippen LogP contribution in [0.4, 0.5) is 5.82 Å². The number of carbonyl (C=O) groups excluding carboxylic acids is 1. The summed E-state index contributed by atoms with van der Waals surface area (Å²) in [6.07, 6.45) is 1.69. The molecule has 0 bridgehead atoms. The van der Waals surface area contributed by atoms with Crippen LogP contribution in [0, 0.1) is 6.92 Å². The van der Waals surface area contributed by atoms with Crippen LogP contribution in [0.15, 0.2) is 54.0 Å². The average molecular weight is 297 g/mol. The lowest BCUT2D eigenvalue weighted by atomic mass is 10.1. The maximum atomic E-state index is 12.2. The second-order valence-electron chi connectivity index (χ2n) is 4.77. The zero-order valence-corrected chi connectivity index (χ0v) is 12.4. The van der Waals surface area contributed by atoms with Crippen LogP contribution in [-0.4, -0.2) is 15.7 Å². The van der Waals surface area contributed by atoms with Gasteiger partial charge in [-0.25, -0.2) is 4.68 Å². The van der Waals surface area contributed by atoms with Gasteiger partial charge in [0.1, 0.15) is 5.82 Å². The fraction of sp³-hybridized carbons (Fsp3) is 0.125. The summed E-state index contributed by atoms with van der Waals surface area (Å²) >= 11 is 1.67. The first kappa shape index (κ1) is 13.6. The number of carbonyl (C=O) groups is 1. The van der Waals surface area contributed by atoms with Crippen LogP contribution < -0.4 is 5.32 Å². The van der Waals surface area contributed by atoms with Crippen molar-refractivity contribution < 1.29 is 4.79 Å². The van der Waals surface area contributed by atoms with Crippen molar-refractivity contribution in [2.45, 2.75) is 13.5 Å². The van der Waals surface area contributed by atoms with Crippen molar-refractivity contribution >= 4 is 23.1 Å². The number of nitrogens with one attached hydrogen (secondary N) is 1. The van der Waals surface area contributed by atoms with Crippen LogP contribution in [0.3, 0.4) is 0 Å². The molecule has 3 aromatic rings. The summed E-state index contributed by atoms with van der Waals surface area (Å²) in [5, 5.41) is 9.20. The van der Waals surface area contributed by atoms with E-state index < -0.39 is 0 Å². The van der Waals surface area contributed by atoms with Gasteiger partial charge in [-0.2, -0.15) is 5.10 Å². The monoisotopic (exact) mass is 297 g/mol.